The maximum absolute atomic E-state index is 13.6. The summed E-state index contributed by atoms with van der Waals surface area (Å²) in [4.78, 5) is 31.0. The number of alkyl halides is 3. The van der Waals surface area contributed by atoms with Crippen molar-refractivity contribution in [2.24, 2.45) is 0 Å². The van der Waals surface area contributed by atoms with Crippen molar-refractivity contribution in [2.75, 3.05) is 12.4 Å². The molecule has 1 aromatic carbocycles. The van der Waals surface area contributed by atoms with Crippen molar-refractivity contribution >= 4 is 29.1 Å². The van der Waals surface area contributed by atoms with Crippen molar-refractivity contribution in [1.29, 1.82) is 5.26 Å². The van der Waals surface area contributed by atoms with Crippen molar-refractivity contribution in [3.8, 4) is 11.9 Å². The molecule has 0 spiro atoms. The first-order valence-electron chi connectivity index (χ1n) is 11.1. The maximum Gasteiger partial charge on any atom is 0.455 e. The van der Waals surface area contributed by atoms with Gasteiger partial charge >= 0.3 is 6.18 Å². The van der Waals surface area contributed by atoms with E-state index in [9.17, 15) is 28.0 Å². The molecule has 0 bridgehead atoms. The normalized spacial score (nSPS) is 12.1. The van der Waals surface area contributed by atoms with E-state index in [1.54, 1.807) is 13.0 Å². The predicted molar refractivity (Wildman–Crippen MR) is 130 cm³/mol. The molecule has 12 nitrogen and oxygen atoms in total. The smallest absolute Gasteiger partial charge is 0.355 e. The van der Waals surface area contributed by atoms with Gasteiger partial charge in [0.05, 0.1) is 33.6 Å². The first-order chi connectivity index (χ1) is 18.4. The second-order valence-electron chi connectivity index (χ2n) is 8.14. The molecule has 0 fully saturated rings. The van der Waals surface area contributed by atoms with E-state index in [1.165, 1.54) is 44.4 Å². The van der Waals surface area contributed by atoms with Crippen LogP contribution in [0.2, 0.25) is 5.02 Å². The second kappa shape index (κ2) is 10.5. The standard InChI is InChI=1S/C23H18ClF3N10O2/c1-11-7-13(10-28)8-14(20(38)29-3)18(11)31-21(39)17-9-16(33-36(17)19-15(24)5-4-6-30-19)12(2)37-34-22(32-35-37)23(25,26)27/h4-9,12H,1-3H3,(H,29,38)(H,31,39). The number of anilines is 1. The highest BCUT2D eigenvalue weighted by Crippen LogP contribution is 2.28. The number of benzene rings is 1. The lowest BCUT2D eigenvalue weighted by Gasteiger charge is -2.14. The van der Waals surface area contributed by atoms with Gasteiger partial charge in [-0.05, 0) is 55.0 Å². The fourth-order valence-corrected chi connectivity index (χ4v) is 3.79. The number of nitrogens with one attached hydrogen (secondary N) is 2. The molecule has 1 unspecified atom stereocenters. The summed E-state index contributed by atoms with van der Waals surface area (Å²) in [6, 6.07) is 8.18. The van der Waals surface area contributed by atoms with Crippen LogP contribution in [0.15, 0.2) is 36.5 Å². The fraction of sp³-hybridized carbons (Fsp3) is 0.217. The van der Waals surface area contributed by atoms with Gasteiger partial charge in [-0.25, -0.2) is 9.67 Å². The number of carbonyl (C=O) groups excluding carboxylic acids is 2. The van der Waals surface area contributed by atoms with Crippen LogP contribution < -0.4 is 10.6 Å². The van der Waals surface area contributed by atoms with Crippen LogP contribution >= 0.6 is 11.6 Å². The van der Waals surface area contributed by atoms with Crippen molar-refractivity contribution in [3.05, 3.63) is 75.5 Å². The van der Waals surface area contributed by atoms with Crippen molar-refractivity contribution in [2.45, 2.75) is 26.1 Å². The van der Waals surface area contributed by atoms with Crippen LogP contribution in [0.3, 0.4) is 0 Å². The number of pyridine rings is 1. The molecular formula is C23H18ClF3N10O2. The van der Waals surface area contributed by atoms with E-state index in [0.717, 1.165) is 4.68 Å². The van der Waals surface area contributed by atoms with Gasteiger partial charge in [-0.2, -0.15) is 28.3 Å². The monoisotopic (exact) mass is 558 g/mol. The Labute approximate surface area is 223 Å². The maximum atomic E-state index is 13.6. The number of hydrogen-bond acceptors (Lipinski definition) is 8. The molecule has 0 aliphatic heterocycles. The third-order valence-electron chi connectivity index (χ3n) is 5.53. The Morgan fingerprint density at radius 2 is 1.92 bits per heavy atom. The summed E-state index contributed by atoms with van der Waals surface area (Å²) in [5.41, 5.74) is 0.813. The molecule has 3 aromatic heterocycles. The molecule has 3 heterocycles. The molecule has 2 N–H and O–H groups in total. The molecule has 200 valence electrons. The molecule has 16 heteroatoms. The van der Waals surface area contributed by atoms with Gasteiger partial charge in [0.25, 0.3) is 17.6 Å². The molecule has 39 heavy (non-hydrogen) atoms. The molecule has 0 saturated carbocycles. The number of aryl methyl sites for hydroxylation is 1. The van der Waals surface area contributed by atoms with Crippen LogP contribution in [0.5, 0.6) is 0 Å². The summed E-state index contributed by atoms with van der Waals surface area (Å²) in [7, 11) is 1.40. The average molecular weight is 559 g/mol. The number of amides is 2. The van der Waals surface area contributed by atoms with Crippen LogP contribution in [0, 0.1) is 18.3 Å². The van der Waals surface area contributed by atoms with E-state index >= 15 is 0 Å². The SMILES string of the molecule is CNC(=O)c1cc(C#N)cc(C)c1NC(=O)c1cc(C(C)n2nnc(C(F)(F)F)n2)nn1-c1ncccc1Cl. The van der Waals surface area contributed by atoms with Gasteiger partial charge in [-0.1, -0.05) is 11.6 Å². The van der Waals surface area contributed by atoms with Crippen LogP contribution in [-0.4, -0.2) is 53.8 Å². The average Bonchev–Trinajstić information content (AvgIpc) is 3.57. The number of aromatic nitrogens is 7. The summed E-state index contributed by atoms with van der Waals surface area (Å²) in [6.07, 6.45) is -3.39. The number of nitrogens with zero attached hydrogens (tertiary/aromatic N) is 8. The summed E-state index contributed by atoms with van der Waals surface area (Å²) >= 11 is 6.30. The zero-order valence-corrected chi connectivity index (χ0v) is 21.2. The Hall–Kier alpha value is -4.84. The summed E-state index contributed by atoms with van der Waals surface area (Å²) in [5.74, 6) is -2.66. The van der Waals surface area contributed by atoms with Crippen LogP contribution in [0.1, 0.15) is 56.5 Å². The third kappa shape index (κ3) is 5.41. The molecule has 0 aliphatic carbocycles. The molecule has 4 aromatic rings. The van der Waals surface area contributed by atoms with Crippen molar-refractivity contribution in [3.63, 3.8) is 0 Å². The minimum atomic E-state index is -4.80. The Kier molecular flexibility index (Phi) is 7.32. The highest BCUT2D eigenvalue weighted by Gasteiger charge is 2.37. The van der Waals surface area contributed by atoms with Crippen molar-refractivity contribution in [1.82, 2.24) is 40.3 Å². The molecule has 2 amide bonds. The number of halogens is 4. The van der Waals surface area contributed by atoms with Gasteiger partial charge in [0.2, 0.25) is 0 Å². The number of rotatable bonds is 6. The molecule has 4 rings (SSSR count). The summed E-state index contributed by atoms with van der Waals surface area (Å²) < 4.78 is 40.1. The van der Waals surface area contributed by atoms with Crippen LogP contribution in [0.25, 0.3) is 5.82 Å². The number of hydrogen-bond donors (Lipinski definition) is 2. The Morgan fingerprint density at radius 3 is 2.54 bits per heavy atom. The van der Waals surface area contributed by atoms with E-state index in [1.807, 2.05) is 6.07 Å². The third-order valence-corrected chi connectivity index (χ3v) is 5.83. The van der Waals surface area contributed by atoms with Gasteiger partial charge in [0.15, 0.2) is 5.82 Å². The molecule has 1 atom stereocenters. The van der Waals surface area contributed by atoms with Crippen molar-refractivity contribution < 1.29 is 22.8 Å². The van der Waals surface area contributed by atoms with E-state index in [0.29, 0.717) is 10.4 Å². The topological polar surface area (TPSA) is 156 Å². The minimum Gasteiger partial charge on any atom is -0.355 e. The molecular weight excluding hydrogens is 541 g/mol. The minimum absolute atomic E-state index is 0.0458. The number of tetrazole rings is 1. The van der Waals surface area contributed by atoms with Crippen LogP contribution in [-0.2, 0) is 6.18 Å². The van der Waals surface area contributed by atoms with E-state index in [2.05, 4.69) is 36.1 Å². The van der Waals surface area contributed by atoms with Gasteiger partial charge in [0.1, 0.15) is 11.7 Å². The number of carbonyl (C=O) groups is 2. The zero-order valence-electron chi connectivity index (χ0n) is 20.4. The lowest BCUT2D eigenvalue weighted by atomic mass is 10.0. The second-order valence-corrected chi connectivity index (χ2v) is 8.55. The Bertz CT molecular complexity index is 1620. The predicted octanol–water partition coefficient (Wildman–Crippen LogP) is 3.33. The van der Waals surface area contributed by atoms with E-state index in [4.69, 9.17) is 11.6 Å². The first kappa shape index (κ1) is 27.2. The number of nitriles is 1. The molecule has 0 aliphatic rings. The largest absolute Gasteiger partial charge is 0.455 e. The zero-order chi connectivity index (χ0) is 28.5. The fourth-order valence-electron chi connectivity index (χ4n) is 3.59. The molecule has 0 radical (unpaired) electrons. The Balaban J connectivity index is 1.80. The summed E-state index contributed by atoms with van der Waals surface area (Å²) in [6.45, 7) is 3.07. The van der Waals surface area contributed by atoms with Gasteiger partial charge < -0.3 is 10.6 Å². The highest BCUT2D eigenvalue weighted by molar-refractivity contribution is 6.32. The lowest BCUT2D eigenvalue weighted by Crippen LogP contribution is -2.24. The summed E-state index contributed by atoms with van der Waals surface area (Å²) in [5, 5.41) is 28.8. The van der Waals surface area contributed by atoms with E-state index in [-0.39, 0.29) is 39.0 Å². The van der Waals surface area contributed by atoms with Gasteiger partial charge in [0, 0.05) is 13.2 Å². The van der Waals surface area contributed by atoms with E-state index < -0.39 is 29.9 Å². The molecule has 0 saturated heterocycles. The van der Waals surface area contributed by atoms with Crippen LogP contribution in [0.4, 0.5) is 18.9 Å². The quantitative estimate of drug-likeness (QED) is 0.365. The van der Waals surface area contributed by atoms with Gasteiger partial charge in [-0.3, -0.25) is 9.59 Å². The first-order valence-corrected chi connectivity index (χ1v) is 11.5. The Morgan fingerprint density at radius 1 is 1.18 bits per heavy atom. The van der Waals surface area contributed by atoms with Gasteiger partial charge in [-0.15, -0.1) is 10.2 Å². The lowest BCUT2D eigenvalue weighted by molar-refractivity contribution is -0.145. The highest BCUT2D eigenvalue weighted by atomic mass is 35.5.